The molecule has 0 aliphatic heterocycles. The van der Waals surface area contributed by atoms with Gasteiger partial charge in [0.2, 0.25) is 0 Å². The fraction of sp³-hybridized carbons (Fsp3) is 1.00. The maximum Gasteiger partial charge on any atom is 0.0717 e. The Balaban J connectivity index is 4.35. The summed E-state index contributed by atoms with van der Waals surface area (Å²) in [5, 5.41) is 0. The molecule has 0 radical (unpaired) electrons. The zero-order chi connectivity index (χ0) is 26.7. The molecule has 0 saturated carbocycles. The van der Waals surface area contributed by atoms with Crippen molar-refractivity contribution in [3.8, 4) is 0 Å². The first-order valence-electron chi connectivity index (χ1n) is 15.5. The van der Waals surface area contributed by atoms with E-state index in [0.29, 0.717) is 11.5 Å². The van der Waals surface area contributed by atoms with Crippen molar-refractivity contribution < 1.29 is 9.47 Å². The van der Waals surface area contributed by atoms with E-state index in [2.05, 4.69) is 63.1 Å². The van der Waals surface area contributed by atoms with Gasteiger partial charge < -0.3 is 9.47 Å². The molecule has 0 N–H and O–H groups in total. The van der Waals surface area contributed by atoms with Gasteiger partial charge in [-0.1, -0.05) is 139 Å². The highest BCUT2D eigenvalue weighted by Gasteiger charge is 2.23. The molecule has 8 heteroatoms. The molecule has 2 unspecified atom stereocenters. The summed E-state index contributed by atoms with van der Waals surface area (Å²) in [7, 11) is 6.54. The molecule has 0 aromatic heterocycles. The number of ether oxygens (including phenoxy) is 2. The molecule has 2 nitrogen and oxygen atoms in total. The molecule has 36 heavy (non-hydrogen) atoms. The van der Waals surface area contributed by atoms with E-state index in [4.69, 9.17) is 9.47 Å². The van der Waals surface area contributed by atoms with E-state index in [1.807, 2.05) is 19.7 Å². The quantitative estimate of drug-likeness (QED) is 0.0470. The van der Waals surface area contributed by atoms with Gasteiger partial charge in [0.05, 0.1) is 17.6 Å². The van der Waals surface area contributed by atoms with E-state index < -0.39 is 17.6 Å². The first kappa shape index (κ1) is 37.8. The molecule has 0 fully saturated rings. The van der Waals surface area contributed by atoms with E-state index in [-0.39, 0.29) is 0 Å². The van der Waals surface area contributed by atoms with Crippen molar-refractivity contribution in [1.82, 2.24) is 0 Å². The third-order valence-electron chi connectivity index (χ3n) is 6.94. The summed E-state index contributed by atoms with van der Waals surface area (Å²) in [6.45, 7) is 16.0. The molecule has 0 saturated heterocycles. The molecule has 0 aliphatic carbocycles. The third kappa shape index (κ3) is 21.6. The van der Waals surface area contributed by atoms with Crippen molar-refractivity contribution in [2.45, 2.75) is 154 Å². The van der Waals surface area contributed by atoms with Crippen molar-refractivity contribution in [1.29, 1.82) is 0 Å². The zero-order valence-corrected chi connectivity index (χ0v) is 30.5. The lowest BCUT2D eigenvalue weighted by molar-refractivity contribution is 0.0961. The lowest BCUT2D eigenvalue weighted by atomic mass is 10.3. The minimum absolute atomic E-state index is 0.595. The Bertz CT molecular complexity index is 388. The lowest BCUT2D eigenvalue weighted by Gasteiger charge is -2.26. The average Bonchev–Trinajstić information content (AvgIpc) is 2.88. The number of unbranched alkanes of at least 4 members (excludes halogenated alkanes) is 4. The van der Waals surface area contributed by atoms with Crippen molar-refractivity contribution in [3.63, 3.8) is 0 Å². The molecule has 0 heterocycles. The van der Waals surface area contributed by atoms with E-state index in [9.17, 15) is 0 Å². The maximum atomic E-state index is 6.51. The zero-order valence-electron chi connectivity index (χ0n) is 24.9. The molecule has 2 atom stereocenters. The van der Waals surface area contributed by atoms with Crippen LogP contribution in [0.4, 0.5) is 0 Å². The molecule has 0 aromatic rings. The van der Waals surface area contributed by atoms with E-state index in [1.165, 1.54) is 113 Å². The molecule has 218 valence electrons. The van der Waals surface area contributed by atoms with Crippen LogP contribution >= 0.6 is 41.2 Å². The van der Waals surface area contributed by atoms with Gasteiger partial charge in [-0.2, -0.15) is 0 Å². The summed E-state index contributed by atoms with van der Waals surface area (Å²) in [6, 6.07) is 5.82. The van der Waals surface area contributed by atoms with E-state index in [0.717, 1.165) is 13.2 Å². The molecule has 0 amide bonds. The molecule has 0 aliphatic rings. The van der Waals surface area contributed by atoms with Crippen LogP contribution in [0, 0.1) is 0 Å². The van der Waals surface area contributed by atoms with Gasteiger partial charge in [0.15, 0.2) is 0 Å². The van der Waals surface area contributed by atoms with Crippen LogP contribution < -0.4 is 0 Å². The van der Waals surface area contributed by atoms with Crippen LogP contribution in [0.3, 0.4) is 0 Å². The summed E-state index contributed by atoms with van der Waals surface area (Å²) in [5.74, 6) is 2.47. The predicted octanol–water partition coefficient (Wildman–Crippen LogP) is 10.8. The molecular formula is C28H62O2S4Si2. The highest BCUT2D eigenvalue weighted by atomic mass is 33.7. The standard InChI is InChI=1S/C28H62O2S4Si2/c1-7-13-15-19-29-27(35(23-9-3)24-10-4)17-21-31-33-34-32-22-18-28(30-20-16-14-8-2)36(25-11-5)26-12-6/h27-28,35-36H,7-26H2,1-6H3. The van der Waals surface area contributed by atoms with Crippen LogP contribution in [-0.2, 0) is 9.47 Å². The molecule has 0 aromatic carbocycles. The monoisotopic (exact) mass is 614 g/mol. The third-order valence-corrected chi connectivity index (χ3v) is 21.9. The average molecular weight is 615 g/mol. The Morgan fingerprint density at radius 3 is 1.17 bits per heavy atom. The Morgan fingerprint density at radius 2 is 0.861 bits per heavy atom. The predicted molar refractivity (Wildman–Crippen MR) is 183 cm³/mol. The Labute approximate surface area is 245 Å². The summed E-state index contributed by atoms with van der Waals surface area (Å²) in [4.78, 5) is 0. The number of hydrogen-bond donors (Lipinski definition) is 0. The maximum absolute atomic E-state index is 6.51. The highest BCUT2D eigenvalue weighted by molar-refractivity contribution is 9.26. The second-order valence-corrected chi connectivity index (χ2v) is 23.3. The van der Waals surface area contributed by atoms with Gasteiger partial charge in [0.1, 0.15) is 0 Å². The Hall–Kier alpha value is 1.75. The highest BCUT2D eigenvalue weighted by Crippen LogP contribution is 2.44. The fourth-order valence-corrected chi connectivity index (χ4v) is 18.8. The fourth-order valence-electron chi connectivity index (χ4n) is 5.04. The summed E-state index contributed by atoms with van der Waals surface area (Å²) in [6.07, 6.45) is 15.5. The minimum Gasteiger partial charge on any atom is -0.382 e. The second kappa shape index (κ2) is 29.7. The van der Waals surface area contributed by atoms with Gasteiger partial charge in [-0.25, -0.2) is 0 Å². The van der Waals surface area contributed by atoms with E-state index >= 15 is 0 Å². The summed E-state index contributed by atoms with van der Waals surface area (Å²) >= 11 is 0. The van der Waals surface area contributed by atoms with Crippen molar-refractivity contribution >= 4 is 58.8 Å². The topological polar surface area (TPSA) is 18.5 Å². The number of rotatable bonds is 29. The second-order valence-electron chi connectivity index (χ2n) is 10.3. The largest absolute Gasteiger partial charge is 0.382 e. The molecular weight excluding hydrogens is 553 g/mol. The van der Waals surface area contributed by atoms with Crippen molar-refractivity contribution in [2.24, 2.45) is 0 Å². The van der Waals surface area contributed by atoms with E-state index in [1.54, 1.807) is 0 Å². The van der Waals surface area contributed by atoms with Gasteiger partial charge in [-0.15, -0.1) is 0 Å². The van der Waals surface area contributed by atoms with Crippen LogP contribution in [0.15, 0.2) is 0 Å². The molecule has 0 bridgehead atoms. The van der Waals surface area contributed by atoms with Crippen molar-refractivity contribution in [2.75, 3.05) is 24.7 Å². The van der Waals surface area contributed by atoms with Gasteiger partial charge in [0.25, 0.3) is 0 Å². The smallest absolute Gasteiger partial charge is 0.0717 e. The van der Waals surface area contributed by atoms with Crippen LogP contribution in [-0.4, -0.2) is 53.8 Å². The first-order chi connectivity index (χ1) is 17.7. The lowest BCUT2D eigenvalue weighted by Crippen LogP contribution is -2.34. The van der Waals surface area contributed by atoms with Gasteiger partial charge in [-0.3, -0.25) is 0 Å². The van der Waals surface area contributed by atoms with Crippen molar-refractivity contribution in [3.05, 3.63) is 0 Å². The SMILES string of the molecule is CCCCCOC(CCSSSSCCC(OCCCCC)[SiH](CCC)CCC)[SiH](CCC)CCC. The Kier molecular flexibility index (Phi) is 31.2. The Morgan fingerprint density at radius 1 is 0.500 bits per heavy atom. The molecule has 0 rings (SSSR count). The normalized spacial score (nSPS) is 13.7. The first-order valence-corrected chi connectivity index (χ1v) is 25.2. The van der Waals surface area contributed by atoms with Gasteiger partial charge >= 0.3 is 0 Å². The van der Waals surface area contributed by atoms with Gasteiger partial charge in [-0.05, 0) is 45.3 Å². The van der Waals surface area contributed by atoms with Crippen LogP contribution in [0.2, 0.25) is 24.2 Å². The number of hydrogen-bond acceptors (Lipinski definition) is 6. The van der Waals surface area contributed by atoms with Crippen LogP contribution in [0.5, 0.6) is 0 Å². The minimum atomic E-state index is -0.785. The summed E-state index contributed by atoms with van der Waals surface area (Å²) in [5.41, 5.74) is 1.19. The van der Waals surface area contributed by atoms with Gasteiger partial charge in [0, 0.05) is 36.2 Å². The van der Waals surface area contributed by atoms with Crippen LogP contribution in [0.1, 0.15) is 119 Å². The summed E-state index contributed by atoms with van der Waals surface area (Å²) < 4.78 is 13.0. The molecule has 0 spiro atoms. The van der Waals surface area contributed by atoms with Crippen LogP contribution in [0.25, 0.3) is 0 Å².